The number of fused-ring (bicyclic) bond motifs is 1. The number of carbonyl (C=O) groups is 1. The van der Waals surface area contributed by atoms with Gasteiger partial charge in [0.2, 0.25) is 0 Å². The first-order chi connectivity index (χ1) is 11.8. The highest BCUT2D eigenvalue weighted by Gasteiger charge is 2.18. The number of hydrogen-bond donors (Lipinski definition) is 1. The quantitative estimate of drug-likeness (QED) is 0.927. The Morgan fingerprint density at radius 1 is 1.12 bits per heavy atom. The van der Waals surface area contributed by atoms with Crippen molar-refractivity contribution in [3.05, 3.63) is 35.7 Å². The number of aromatic nitrogens is 1. The molecule has 0 spiro atoms. The summed E-state index contributed by atoms with van der Waals surface area (Å²) in [5.41, 5.74) is 0.910. The minimum atomic E-state index is -0.303. The van der Waals surface area contributed by atoms with Crippen LogP contribution in [0.2, 0.25) is 0 Å². The number of rotatable bonds is 4. The second-order valence-electron chi connectivity index (χ2n) is 5.97. The first kappa shape index (κ1) is 15.0. The molecule has 0 unspecified atom stereocenters. The fourth-order valence-electron chi connectivity index (χ4n) is 2.97. The summed E-state index contributed by atoms with van der Waals surface area (Å²) < 4.78 is 16.3. The summed E-state index contributed by atoms with van der Waals surface area (Å²) >= 11 is 0. The second-order valence-corrected chi connectivity index (χ2v) is 5.97. The molecule has 1 saturated heterocycles. The monoisotopic (exact) mass is 329 g/mol. The van der Waals surface area contributed by atoms with E-state index in [0.717, 1.165) is 13.1 Å². The molecule has 0 bridgehead atoms. The fourth-order valence-corrected chi connectivity index (χ4v) is 2.97. The molecule has 1 N–H and O–H groups in total. The highest BCUT2D eigenvalue weighted by molar-refractivity contribution is 6.03. The number of likely N-dealkylation sites (tertiary alicyclic amines) is 1. The third-order valence-electron chi connectivity index (χ3n) is 4.17. The molecule has 2 aliphatic heterocycles. The maximum absolute atomic E-state index is 12.3. The number of benzene rings is 1. The number of amides is 1. The molecule has 1 fully saturated rings. The Morgan fingerprint density at radius 2 is 1.92 bits per heavy atom. The Balaban J connectivity index is 1.41. The molecule has 1 aromatic carbocycles. The van der Waals surface area contributed by atoms with Gasteiger partial charge in [-0.15, -0.1) is 0 Å². The van der Waals surface area contributed by atoms with E-state index in [0.29, 0.717) is 42.7 Å². The highest BCUT2D eigenvalue weighted by Crippen LogP contribution is 2.32. The van der Waals surface area contributed by atoms with Gasteiger partial charge in [0, 0.05) is 17.8 Å². The SMILES string of the molecule is O=C(Nc1ccc2c(c1)OCCO2)c1cc(CN2CCCC2)on1. The summed E-state index contributed by atoms with van der Waals surface area (Å²) in [4.78, 5) is 14.6. The molecular formula is C17H19N3O4. The maximum Gasteiger partial charge on any atom is 0.277 e. The van der Waals surface area contributed by atoms with Crippen molar-refractivity contribution >= 4 is 11.6 Å². The number of nitrogens with zero attached hydrogens (tertiary/aromatic N) is 2. The van der Waals surface area contributed by atoms with Crippen LogP contribution in [0.1, 0.15) is 29.1 Å². The van der Waals surface area contributed by atoms with Crippen LogP contribution in [0.5, 0.6) is 11.5 Å². The second kappa shape index (κ2) is 6.52. The van der Waals surface area contributed by atoms with E-state index in [2.05, 4.69) is 15.4 Å². The third-order valence-corrected chi connectivity index (χ3v) is 4.17. The van der Waals surface area contributed by atoms with Crippen LogP contribution < -0.4 is 14.8 Å². The molecule has 1 aromatic heterocycles. The molecular weight excluding hydrogens is 310 g/mol. The van der Waals surface area contributed by atoms with Gasteiger partial charge in [0.25, 0.3) is 5.91 Å². The Bertz CT molecular complexity index is 737. The Kier molecular flexibility index (Phi) is 4.08. The summed E-state index contributed by atoms with van der Waals surface area (Å²) in [6.45, 7) is 3.88. The lowest BCUT2D eigenvalue weighted by Crippen LogP contribution is -2.18. The molecule has 0 radical (unpaired) electrons. The predicted octanol–water partition coefficient (Wildman–Crippen LogP) is 2.29. The number of nitrogens with one attached hydrogen (secondary N) is 1. The summed E-state index contributed by atoms with van der Waals surface area (Å²) in [6.07, 6.45) is 2.43. The van der Waals surface area contributed by atoms with Crippen molar-refractivity contribution in [3.8, 4) is 11.5 Å². The highest BCUT2D eigenvalue weighted by atomic mass is 16.6. The van der Waals surface area contributed by atoms with Gasteiger partial charge >= 0.3 is 0 Å². The van der Waals surface area contributed by atoms with Crippen LogP contribution in [0.25, 0.3) is 0 Å². The van der Waals surface area contributed by atoms with Gasteiger partial charge in [0.05, 0.1) is 6.54 Å². The molecule has 0 saturated carbocycles. The topological polar surface area (TPSA) is 76.8 Å². The minimum Gasteiger partial charge on any atom is -0.486 e. The first-order valence-corrected chi connectivity index (χ1v) is 8.17. The average Bonchev–Trinajstić information content (AvgIpc) is 3.27. The van der Waals surface area contributed by atoms with Crippen LogP contribution in [-0.4, -0.2) is 42.3 Å². The van der Waals surface area contributed by atoms with Crippen molar-refractivity contribution in [1.82, 2.24) is 10.1 Å². The molecule has 4 rings (SSSR count). The van der Waals surface area contributed by atoms with Crippen LogP contribution in [0, 0.1) is 0 Å². The average molecular weight is 329 g/mol. The summed E-state index contributed by atoms with van der Waals surface area (Å²) in [5.74, 6) is 1.73. The van der Waals surface area contributed by atoms with Gasteiger partial charge < -0.3 is 19.3 Å². The minimum absolute atomic E-state index is 0.277. The van der Waals surface area contributed by atoms with E-state index in [1.165, 1.54) is 12.8 Å². The molecule has 2 aliphatic rings. The lowest BCUT2D eigenvalue weighted by Gasteiger charge is -2.18. The van der Waals surface area contributed by atoms with E-state index in [-0.39, 0.29) is 11.6 Å². The number of carbonyl (C=O) groups excluding carboxylic acids is 1. The van der Waals surface area contributed by atoms with Crippen molar-refractivity contribution in [2.75, 3.05) is 31.6 Å². The van der Waals surface area contributed by atoms with E-state index in [9.17, 15) is 4.79 Å². The first-order valence-electron chi connectivity index (χ1n) is 8.17. The van der Waals surface area contributed by atoms with E-state index in [4.69, 9.17) is 14.0 Å². The Labute approximate surface area is 139 Å². The van der Waals surface area contributed by atoms with Gasteiger partial charge in [-0.2, -0.15) is 0 Å². The normalized spacial score (nSPS) is 17.0. The van der Waals surface area contributed by atoms with E-state index in [1.54, 1.807) is 24.3 Å². The third kappa shape index (κ3) is 3.21. The van der Waals surface area contributed by atoms with Crippen molar-refractivity contribution in [2.24, 2.45) is 0 Å². The largest absolute Gasteiger partial charge is 0.486 e. The van der Waals surface area contributed by atoms with Crippen molar-refractivity contribution in [3.63, 3.8) is 0 Å². The number of anilines is 1. The van der Waals surface area contributed by atoms with Crippen LogP contribution in [-0.2, 0) is 6.54 Å². The molecule has 7 heteroatoms. The molecule has 2 aromatic rings. The molecule has 3 heterocycles. The van der Waals surface area contributed by atoms with Gasteiger partial charge in [-0.05, 0) is 38.1 Å². The van der Waals surface area contributed by atoms with Crippen LogP contribution in [0.4, 0.5) is 5.69 Å². The lowest BCUT2D eigenvalue weighted by molar-refractivity contribution is 0.101. The zero-order valence-electron chi connectivity index (χ0n) is 13.3. The van der Waals surface area contributed by atoms with Gasteiger partial charge in [-0.1, -0.05) is 5.16 Å². The van der Waals surface area contributed by atoms with Crippen molar-refractivity contribution in [1.29, 1.82) is 0 Å². The lowest BCUT2D eigenvalue weighted by atomic mass is 10.2. The van der Waals surface area contributed by atoms with Gasteiger partial charge in [0.15, 0.2) is 23.0 Å². The molecule has 24 heavy (non-hydrogen) atoms. The van der Waals surface area contributed by atoms with Crippen molar-refractivity contribution in [2.45, 2.75) is 19.4 Å². The fraction of sp³-hybridized carbons (Fsp3) is 0.412. The summed E-state index contributed by atoms with van der Waals surface area (Å²) in [6, 6.07) is 7.01. The summed E-state index contributed by atoms with van der Waals surface area (Å²) in [5, 5.41) is 6.68. The smallest absolute Gasteiger partial charge is 0.277 e. The van der Waals surface area contributed by atoms with Gasteiger partial charge in [-0.3, -0.25) is 9.69 Å². The number of hydrogen-bond acceptors (Lipinski definition) is 6. The number of ether oxygens (including phenoxy) is 2. The Morgan fingerprint density at radius 3 is 2.75 bits per heavy atom. The van der Waals surface area contributed by atoms with Gasteiger partial charge in [0.1, 0.15) is 13.2 Å². The molecule has 1 amide bonds. The van der Waals surface area contributed by atoms with E-state index in [1.807, 2.05) is 0 Å². The predicted molar refractivity (Wildman–Crippen MR) is 86.4 cm³/mol. The standard InChI is InChI=1S/C17H19N3O4/c21-17(14-10-13(24-19-14)11-20-5-1-2-6-20)18-12-3-4-15-16(9-12)23-8-7-22-15/h3-4,9-10H,1-2,5-8,11H2,(H,18,21). The molecule has 7 nitrogen and oxygen atoms in total. The van der Waals surface area contributed by atoms with Crippen molar-refractivity contribution < 1.29 is 18.8 Å². The van der Waals surface area contributed by atoms with E-state index >= 15 is 0 Å². The van der Waals surface area contributed by atoms with Crippen LogP contribution >= 0.6 is 0 Å². The van der Waals surface area contributed by atoms with Crippen LogP contribution in [0.3, 0.4) is 0 Å². The summed E-state index contributed by atoms with van der Waals surface area (Å²) in [7, 11) is 0. The molecule has 0 atom stereocenters. The zero-order valence-corrected chi connectivity index (χ0v) is 13.3. The maximum atomic E-state index is 12.3. The van der Waals surface area contributed by atoms with Crippen LogP contribution in [0.15, 0.2) is 28.8 Å². The molecule has 126 valence electrons. The van der Waals surface area contributed by atoms with Gasteiger partial charge in [-0.25, -0.2) is 0 Å². The molecule has 0 aliphatic carbocycles. The zero-order chi connectivity index (χ0) is 16.4. The van der Waals surface area contributed by atoms with E-state index < -0.39 is 0 Å². The Hall–Kier alpha value is -2.54.